The van der Waals surface area contributed by atoms with Gasteiger partial charge in [-0.1, -0.05) is 6.92 Å². The first kappa shape index (κ1) is 11.4. The van der Waals surface area contributed by atoms with Crippen molar-refractivity contribution in [2.24, 2.45) is 11.7 Å². The Bertz CT molecular complexity index is 325. The van der Waals surface area contributed by atoms with E-state index in [0.29, 0.717) is 19.4 Å². The highest BCUT2D eigenvalue weighted by Crippen LogP contribution is 2.36. The van der Waals surface area contributed by atoms with E-state index in [1.807, 2.05) is 6.92 Å². The minimum Gasteiger partial charge on any atom is -0.480 e. The predicted molar refractivity (Wildman–Crippen MR) is 57.7 cm³/mol. The first-order valence-electron chi connectivity index (χ1n) is 5.78. The Kier molecular flexibility index (Phi) is 2.66. The number of carboxylic acids is 1. The Morgan fingerprint density at radius 3 is 2.56 bits per heavy atom. The third-order valence-corrected chi connectivity index (χ3v) is 3.66. The van der Waals surface area contributed by atoms with Crippen LogP contribution in [0, 0.1) is 5.92 Å². The molecule has 90 valence electrons. The fraction of sp³-hybridized carbons (Fsp3) is 0.818. The number of carboxylic acid groups (broad SMARTS) is 1. The van der Waals surface area contributed by atoms with Gasteiger partial charge in [-0.2, -0.15) is 0 Å². The molecule has 0 spiro atoms. The molecular formula is C11H18N2O3. The zero-order valence-corrected chi connectivity index (χ0v) is 9.48. The van der Waals surface area contributed by atoms with Crippen LogP contribution in [0.15, 0.2) is 0 Å². The van der Waals surface area contributed by atoms with Crippen molar-refractivity contribution in [2.75, 3.05) is 6.54 Å². The number of aliphatic carboxylic acids is 1. The van der Waals surface area contributed by atoms with Crippen molar-refractivity contribution in [3.63, 3.8) is 0 Å². The molecule has 1 saturated heterocycles. The third kappa shape index (κ3) is 1.80. The van der Waals surface area contributed by atoms with Gasteiger partial charge in [0.2, 0.25) is 5.91 Å². The summed E-state index contributed by atoms with van der Waals surface area (Å²) < 4.78 is 0. The third-order valence-electron chi connectivity index (χ3n) is 3.66. The maximum atomic E-state index is 12.1. The average molecular weight is 226 g/mol. The summed E-state index contributed by atoms with van der Waals surface area (Å²) in [5.41, 5.74) is 5.09. The molecule has 3 N–H and O–H groups in total. The number of carbonyl (C=O) groups excluding carboxylic acids is 1. The Balaban J connectivity index is 2.17. The monoisotopic (exact) mass is 226 g/mol. The number of rotatable bonds is 2. The van der Waals surface area contributed by atoms with Crippen LogP contribution in [0.25, 0.3) is 0 Å². The summed E-state index contributed by atoms with van der Waals surface area (Å²) in [6, 6.07) is -0.692. The van der Waals surface area contributed by atoms with Gasteiger partial charge in [-0.05, 0) is 31.6 Å². The molecule has 1 saturated carbocycles. The molecule has 0 bridgehead atoms. The first-order chi connectivity index (χ1) is 7.46. The van der Waals surface area contributed by atoms with Crippen molar-refractivity contribution in [1.29, 1.82) is 0 Å². The number of nitrogens with zero attached hydrogens (tertiary/aromatic N) is 1. The Morgan fingerprint density at radius 1 is 1.44 bits per heavy atom. The number of hydrogen-bond acceptors (Lipinski definition) is 3. The van der Waals surface area contributed by atoms with Crippen LogP contribution in [0.4, 0.5) is 0 Å². The van der Waals surface area contributed by atoms with Crippen molar-refractivity contribution >= 4 is 11.9 Å². The van der Waals surface area contributed by atoms with Gasteiger partial charge in [0, 0.05) is 6.54 Å². The van der Waals surface area contributed by atoms with E-state index in [1.165, 1.54) is 4.90 Å². The minimum absolute atomic E-state index is 0.0116. The highest BCUT2D eigenvalue weighted by molar-refractivity contribution is 5.92. The molecule has 5 nitrogen and oxygen atoms in total. The van der Waals surface area contributed by atoms with Crippen LogP contribution in [-0.2, 0) is 9.59 Å². The number of nitrogens with two attached hydrogens (primary N) is 1. The summed E-state index contributed by atoms with van der Waals surface area (Å²) >= 11 is 0. The van der Waals surface area contributed by atoms with Crippen molar-refractivity contribution in [3.05, 3.63) is 0 Å². The van der Waals surface area contributed by atoms with Crippen molar-refractivity contribution < 1.29 is 14.7 Å². The molecule has 0 aromatic carbocycles. The molecule has 2 unspecified atom stereocenters. The van der Waals surface area contributed by atoms with Crippen LogP contribution in [0.3, 0.4) is 0 Å². The molecule has 2 rings (SSSR count). The summed E-state index contributed by atoms with van der Waals surface area (Å²) in [6.45, 7) is 2.41. The Morgan fingerprint density at radius 2 is 2.06 bits per heavy atom. The van der Waals surface area contributed by atoms with Gasteiger partial charge < -0.3 is 15.7 Å². The van der Waals surface area contributed by atoms with E-state index in [2.05, 4.69) is 0 Å². The molecule has 0 aromatic rings. The number of hydrogen-bond donors (Lipinski definition) is 2. The summed E-state index contributed by atoms with van der Waals surface area (Å²) in [7, 11) is 0. The lowest BCUT2D eigenvalue weighted by Crippen LogP contribution is -2.57. The first-order valence-corrected chi connectivity index (χ1v) is 5.78. The van der Waals surface area contributed by atoms with Crippen LogP contribution in [0.5, 0.6) is 0 Å². The zero-order valence-electron chi connectivity index (χ0n) is 9.48. The highest BCUT2D eigenvalue weighted by Gasteiger charge is 2.51. The minimum atomic E-state index is -0.912. The summed E-state index contributed by atoms with van der Waals surface area (Å²) in [4.78, 5) is 24.7. The lowest BCUT2D eigenvalue weighted by atomic mass is 9.90. The van der Waals surface area contributed by atoms with Gasteiger partial charge in [-0.25, -0.2) is 4.79 Å². The SMILES string of the molecule is CC1CCCN(C(=O)C2(N)CC2)C1C(=O)O. The maximum absolute atomic E-state index is 12.1. The van der Waals surface area contributed by atoms with Gasteiger partial charge in [-0.15, -0.1) is 0 Å². The topological polar surface area (TPSA) is 83.6 Å². The van der Waals surface area contributed by atoms with Crippen molar-refractivity contribution in [3.8, 4) is 0 Å². The quantitative estimate of drug-likeness (QED) is 0.704. The normalized spacial score (nSPS) is 32.2. The fourth-order valence-electron chi connectivity index (χ4n) is 2.43. The van der Waals surface area contributed by atoms with E-state index in [-0.39, 0.29) is 11.8 Å². The van der Waals surface area contributed by atoms with Crippen LogP contribution < -0.4 is 5.73 Å². The second-order valence-electron chi connectivity index (χ2n) is 5.06. The number of carbonyl (C=O) groups is 2. The molecule has 1 aliphatic carbocycles. The maximum Gasteiger partial charge on any atom is 0.326 e. The van der Waals surface area contributed by atoms with E-state index < -0.39 is 17.6 Å². The van der Waals surface area contributed by atoms with E-state index >= 15 is 0 Å². The number of amides is 1. The molecule has 0 radical (unpaired) electrons. The summed E-state index contributed by atoms with van der Waals surface area (Å²) in [6.07, 6.45) is 3.09. The van der Waals surface area contributed by atoms with Gasteiger partial charge in [0.05, 0.1) is 5.54 Å². The largest absolute Gasteiger partial charge is 0.480 e. The van der Waals surface area contributed by atoms with Crippen LogP contribution in [0.1, 0.15) is 32.6 Å². The predicted octanol–water partition coefficient (Wildman–Crippen LogP) is 0.189. The number of piperidine rings is 1. The van der Waals surface area contributed by atoms with Gasteiger partial charge >= 0.3 is 5.97 Å². The van der Waals surface area contributed by atoms with Crippen LogP contribution in [0.2, 0.25) is 0 Å². The molecule has 1 aliphatic heterocycles. The number of likely N-dealkylation sites (tertiary alicyclic amines) is 1. The highest BCUT2D eigenvalue weighted by atomic mass is 16.4. The molecule has 2 aliphatic rings. The second-order valence-corrected chi connectivity index (χ2v) is 5.06. The average Bonchev–Trinajstić information content (AvgIpc) is 2.95. The molecule has 0 aromatic heterocycles. The van der Waals surface area contributed by atoms with Crippen molar-refractivity contribution in [1.82, 2.24) is 4.90 Å². The van der Waals surface area contributed by atoms with Gasteiger partial charge in [-0.3, -0.25) is 4.79 Å². The zero-order chi connectivity index (χ0) is 11.9. The lowest BCUT2D eigenvalue weighted by Gasteiger charge is -2.38. The van der Waals surface area contributed by atoms with E-state index in [1.54, 1.807) is 0 Å². The molecule has 5 heteroatoms. The molecule has 1 amide bonds. The molecular weight excluding hydrogens is 208 g/mol. The summed E-state index contributed by atoms with van der Waals surface area (Å²) in [5.74, 6) is -1.08. The van der Waals surface area contributed by atoms with E-state index in [0.717, 1.165) is 12.8 Å². The fourth-order valence-corrected chi connectivity index (χ4v) is 2.43. The summed E-state index contributed by atoms with van der Waals surface area (Å²) in [5, 5.41) is 9.18. The molecule has 2 atom stereocenters. The Labute approximate surface area is 94.6 Å². The molecule has 2 fully saturated rings. The van der Waals surface area contributed by atoms with Crippen LogP contribution >= 0.6 is 0 Å². The van der Waals surface area contributed by atoms with Gasteiger partial charge in [0.1, 0.15) is 6.04 Å². The molecule has 16 heavy (non-hydrogen) atoms. The van der Waals surface area contributed by atoms with Gasteiger partial charge in [0.25, 0.3) is 0 Å². The van der Waals surface area contributed by atoms with Gasteiger partial charge in [0.15, 0.2) is 0 Å². The van der Waals surface area contributed by atoms with E-state index in [4.69, 9.17) is 5.73 Å². The van der Waals surface area contributed by atoms with E-state index in [9.17, 15) is 14.7 Å². The standard InChI is InChI=1S/C11H18N2O3/c1-7-3-2-6-13(8(7)9(14)15)10(16)11(12)4-5-11/h7-8H,2-6,12H2,1H3,(H,14,15). The lowest BCUT2D eigenvalue weighted by molar-refractivity contribution is -0.155. The smallest absolute Gasteiger partial charge is 0.326 e. The van der Waals surface area contributed by atoms with Crippen molar-refractivity contribution in [2.45, 2.75) is 44.2 Å². The molecule has 1 heterocycles. The van der Waals surface area contributed by atoms with Crippen LogP contribution in [-0.4, -0.2) is 40.0 Å². The second kappa shape index (κ2) is 3.73. The Hall–Kier alpha value is -1.10.